The van der Waals surface area contributed by atoms with Crippen molar-refractivity contribution in [1.29, 1.82) is 0 Å². The molecule has 112 valence electrons. The Morgan fingerprint density at radius 3 is 2.21 bits per heavy atom. The average molecular weight is 273 g/mol. The van der Waals surface area contributed by atoms with Gasteiger partial charge in [0.1, 0.15) is 11.6 Å². The van der Waals surface area contributed by atoms with Crippen molar-refractivity contribution >= 4 is 12.1 Å². The Morgan fingerprint density at radius 1 is 1.16 bits per heavy atom. The molecule has 0 rings (SSSR count). The lowest BCUT2D eigenvalue weighted by Gasteiger charge is -2.22. The first-order valence-corrected chi connectivity index (χ1v) is 6.98. The van der Waals surface area contributed by atoms with Crippen LogP contribution in [0.4, 0.5) is 4.79 Å². The number of hydrogen-bond donors (Lipinski definition) is 2. The first-order chi connectivity index (χ1) is 8.76. The third kappa shape index (κ3) is 10.4. The summed E-state index contributed by atoms with van der Waals surface area (Å²) in [6.07, 6.45) is 4.98. The van der Waals surface area contributed by atoms with E-state index in [1.54, 1.807) is 20.8 Å². The van der Waals surface area contributed by atoms with Crippen molar-refractivity contribution in [3.8, 4) is 0 Å². The minimum Gasteiger partial charge on any atom is -0.480 e. The Bertz CT molecular complexity index is 284. The van der Waals surface area contributed by atoms with Gasteiger partial charge in [0, 0.05) is 0 Å². The summed E-state index contributed by atoms with van der Waals surface area (Å²) in [5.41, 5.74) is -0.617. The standard InChI is InChI=1S/C14H27NO4/c1-5-6-7-8-9-10-11(12(16)17)15-13(18)19-14(2,3)4/h11H,5-10H2,1-4H3,(H,15,18)(H,16,17). The van der Waals surface area contributed by atoms with Crippen LogP contribution in [0.1, 0.15) is 66.2 Å². The fourth-order valence-electron chi connectivity index (χ4n) is 1.66. The Labute approximate surface area is 115 Å². The molecule has 0 aromatic carbocycles. The SMILES string of the molecule is CCCCCCCC(NC(=O)OC(C)(C)C)C(=O)O. The van der Waals surface area contributed by atoms with Crippen LogP contribution in [0.15, 0.2) is 0 Å². The van der Waals surface area contributed by atoms with Crippen molar-refractivity contribution < 1.29 is 19.4 Å². The van der Waals surface area contributed by atoms with Crippen LogP contribution in [0.5, 0.6) is 0 Å². The summed E-state index contributed by atoms with van der Waals surface area (Å²) in [6, 6.07) is -0.864. The molecule has 0 heterocycles. The summed E-state index contributed by atoms with van der Waals surface area (Å²) >= 11 is 0. The van der Waals surface area contributed by atoms with Crippen molar-refractivity contribution in [2.75, 3.05) is 0 Å². The van der Waals surface area contributed by atoms with Gasteiger partial charge in [-0.2, -0.15) is 0 Å². The third-order valence-electron chi connectivity index (χ3n) is 2.59. The van der Waals surface area contributed by atoms with Gasteiger partial charge in [-0.25, -0.2) is 9.59 Å². The molecule has 0 aliphatic heterocycles. The minimum atomic E-state index is -1.01. The zero-order valence-electron chi connectivity index (χ0n) is 12.5. The zero-order chi connectivity index (χ0) is 14.9. The van der Waals surface area contributed by atoms with Crippen molar-refractivity contribution in [2.24, 2.45) is 0 Å². The average Bonchev–Trinajstić information content (AvgIpc) is 2.24. The molecule has 0 aromatic heterocycles. The molecule has 0 aromatic rings. The largest absolute Gasteiger partial charge is 0.480 e. The molecule has 0 bridgehead atoms. The summed E-state index contributed by atoms with van der Waals surface area (Å²) in [5.74, 6) is -1.01. The van der Waals surface area contributed by atoms with E-state index in [0.29, 0.717) is 6.42 Å². The van der Waals surface area contributed by atoms with Gasteiger partial charge in [-0.05, 0) is 27.2 Å². The van der Waals surface area contributed by atoms with E-state index in [1.165, 1.54) is 0 Å². The van der Waals surface area contributed by atoms with Gasteiger partial charge in [0.25, 0.3) is 0 Å². The normalized spacial score (nSPS) is 12.8. The van der Waals surface area contributed by atoms with Gasteiger partial charge >= 0.3 is 12.1 Å². The highest BCUT2D eigenvalue weighted by Crippen LogP contribution is 2.10. The predicted octanol–water partition coefficient (Wildman–Crippen LogP) is 3.32. The van der Waals surface area contributed by atoms with E-state index in [4.69, 9.17) is 9.84 Å². The molecule has 0 aliphatic rings. The van der Waals surface area contributed by atoms with E-state index in [0.717, 1.165) is 32.1 Å². The monoisotopic (exact) mass is 273 g/mol. The molecular formula is C14H27NO4. The second-order valence-corrected chi connectivity index (χ2v) is 5.74. The number of aliphatic carboxylic acids is 1. The number of nitrogens with one attached hydrogen (secondary N) is 1. The first kappa shape index (κ1) is 17.7. The fourth-order valence-corrected chi connectivity index (χ4v) is 1.66. The van der Waals surface area contributed by atoms with Crippen LogP contribution < -0.4 is 5.32 Å². The van der Waals surface area contributed by atoms with Gasteiger partial charge in [-0.15, -0.1) is 0 Å². The van der Waals surface area contributed by atoms with E-state index >= 15 is 0 Å². The van der Waals surface area contributed by atoms with Crippen molar-refractivity contribution in [3.05, 3.63) is 0 Å². The minimum absolute atomic E-state index is 0.443. The maximum Gasteiger partial charge on any atom is 0.408 e. The summed E-state index contributed by atoms with van der Waals surface area (Å²) in [7, 11) is 0. The molecular weight excluding hydrogens is 246 g/mol. The lowest BCUT2D eigenvalue weighted by atomic mass is 10.1. The molecule has 0 aliphatic carbocycles. The number of rotatable bonds is 8. The Balaban J connectivity index is 4.05. The van der Waals surface area contributed by atoms with Crippen molar-refractivity contribution in [2.45, 2.75) is 77.9 Å². The Morgan fingerprint density at radius 2 is 1.74 bits per heavy atom. The molecule has 2 N–H and O–H groups in total. The number of carbonyl (C=O) groups excluding carboxylic acids is 1. The lowest BCUT2D eigenvalue weighted by Crippen LogP contribution is -2.43. The third-order valence-corrected chi connectivity index (χ3v) is 2.59. The molecule has 0 fully saturated rings. The summed E-state index contributed by atoms with van der Waals surface area (Å²) in [6.45, 7) is 7.36. The smallest absolute Gasteiger partial charge is 0.408 e. The second-order valence-electron chi connectivity index (χ2n) is 5.74. The van der Waals surface area contributed by atoms with Crippen LogP contribution in [0.3, 0.4) is 0 Å². The maximum absolute atomic E-state index is 11.5. The Kier molecular flexibility index (Phi) is 8.19. The predicted molar refractivity (Wildman–Crippen MR) is 74.2 cm³/mol. The van der Waals surface area contributed by atoms with Gasteiger partial charge in [-0.1, -0.05) is 39.0 Å². The summed E-state index contributed by atoms with van der Waals surface area (Å²) in [4.78, 5) is 22.6. The van der Waals surface area contributed by atoms with Gasteiger partial charge in [0.2, 0.25) is 0 Å². The summed E-state index contributed by atoms with van der Waals surface area (Å²) in [5, 5.41) is 11.5. The van der Waals surface area contributed by atoms with E-state index in [9.17, 15) is 9.59 Å². The Hall–Kier alpha value is -1.26. The zero-order valence-corrected chi connectivity index (χ0v) is 12.5. The molecule has 5 nitrogen and oxygen atoms in total. The highest BCUT2D eigenvalue weighted by Gasteiger charge is 2.23. The molecule has 5 heteroatoms. The number of carboxylic acids is 1. The maximum atomic E-state index is 11.5. The van der Waals surface area contributed by atoms with Crippen LogP contribution in [0.2, 0.25) is 0 Å². The summed E-state index contributed by atoms with van der Waals surface area (Å²) < 4.78 is 5.05. The van der Waals surface area contributed by atoms with Crippen molar-refractivity contribution in [3.63, 3.8) is 0 Å². The van der Waals surface area contributed by atoms with Crippen LogP contribution in [0, 0.1) is 0 Å². The topological polar surface area (TPSA) is 75.6 Å². The number of unbranched alkanes of at least 4 members (excludes halogenated alkanes) is 4. The highest BCUT2D eigenvalue weighted by molar-refractivity contribution is 5.79. The van der Waals surface area contributed by atoms with Crippen LogP contribution >= 0.6 is 0 Å². The molecule has 1 amide bonds. The molecule has 0 saturated carbocycles. The first-order valence-electron chi connectivity index (χ1n) is 6.98. The molecule has 1 unspecified atom stereocenters. The quantitative estimate of drug-likeness (QED) is 0.665. The number of carboxylic acid groups (broad SMARTS) is 1. The van der Waals surface area contributed by atoms with Gasteiger partial charge in [0.15, 0.2) is 0 Å². The van der Waals surface area contributed by atoms with Crippen LogP contribution in [-0.2, 0) is 9.53 Å². The van der Waals surface area contributed by atoms with E-state index in [1.807, 2.05) is 0 Å². The molecule has 19 heavy (non-hydrogen) atoms. The number of ether oxygens (including phenoxy) is 1. The van der Waals surface area contributed by atoms with E-state index in [-0.39, 0.29) is 0 Å². The van der Waals surface area contributed by atoms with Gasteiger partial charge < -0.3 is 15.2 Å². The van der Waals surface area contributed by atoms with Crippen LogP contribution in [0.25, 0.3) is 0 Å². The number of amides is 1. The highest BCUT2D eigenvalue weighted by atomic mass is 16.6. The fraction of sp³-hybridized carbons (Fsp3) is 0.857. The van der Waals surface area contributed by atoms with E-state index < -0.39 is 23.7 Å². The lowest BCUT2D eigenvalue weighted by molar-refractivity contribution is -0.139. The number of hydrogen-bond acceptors (Lipinski definition) is 3. The van der Waals surface area contributed by atoms with Gasteiger partial charge in [0.05, 0.1) is 0 Å². The van der Waals surface area contributed by atoms with Crippen LogP contribution in [-0.4, -0.2) is 28.8 Å². The second kappa shape index (κ2) is 8.77. The molecule has 1 atom stereocenters. The van der Waals surface area contributed by atoms with E-state index in [2.05, 4.69) is 12.2 Å². The number of alkyl carbamates (subject to hydrolysis) is 1. The number of carbonyl (C=O) groups is 2. The molecule has 0 radical (unpaired) electrons. The van der Waals surface area contributed by atoms with Crippen molar-refractivity contribution in [1.82, 2.24) is 5.32 Å². The molecule has 0 spiro atoms. The van der Waals surface area contributed by atoms with Gasteiger partial charge in [-0.3, -0.25) is 0 Å². The molecule has 0 saturated heterocycles.